The van der Waals surface area contributed by atoms with Crippen LogP contribution in [0.15, 0.2) is 155 Å². The fourth-order valence-electron chi connectivity index (χ4n) is 12.0. The lowest BCUT2D eigenvalue weighted by atomic mass is 9.86. The number of nitrogens with zero attached hydrogens (tertiary/aromatic N) is 7. The smallest absolute Gasteiger partial charge is 0.262 e. The summed E-state index contributed by atoms with van der Waals surface area (Å²) >= 11 is 19.3. The van der Waals surface area contributed by atoms with E-state index in [-0.39, 0.29) is 66.6 Å². The number of Topliss-reactive ketones (excluding diaryl/α,β-unsaturated/α-hetero) is 1. The largest absolute Gasteiger partial charge is 0.493 e. The number of amides is 4. The number of carbonyl (C=O) groups is 5. The van der Waals surface area contributed by atoms with Gasteiger partial charge in [-0.25, -0.2) is 30.9 Å². The van der Waals surface area contributed by atoms with Gasteiger partial charge in [0.1, 0.15) is 16.8 Å². The zero-order chi connectivity index (χ0) is 73.8. The van der Waals surface area contributed by atoms with Gasteiger partial charge in [-0.15, -0.1) is 10.2 Å². The number of anilines is 5. The van der Waals surface area contributed by atoms with E-state index in [2.05, 4.69) is 52.9 Å². The predicted octanol–water partition coefficient (Wildman–Crippen LogP) is 16.4. The van der Waals surface area contributed by atoms with Crippen LogP contribution in [0.25, 0.3) is 22.1 Å². The summed E-state index contributed by atoms with van der Waals surface area (Å²) in [5.41, 5.74) is 5.47. The van der Waals surface area contributed by atoms with Gasteiger partial charge < -0.3 is 25.6 Å². The van der Waals surface area contributed by atoms with Gasteiger partial charge in [-0.3, -0.25) is 28.7 Å². The number of unbranched alkanes of at least 4 members (excludes halogenated alkanes) is 13. The Morgan fingerprint density at radius 3 is 1.67 bits per heavy atom. The third-order valence-corrected chi connectivity index (χ3v) is 21.4. The molecule has 0 radical (unpaired) electrons. The van der Waals surface area contributed by atoms with Gasteiger partial charge >= 0.3 is 0 Å². The average Bonchev–Trinajstić information content (AvgIpc) is 1.67. The lowest BCUT2D eigenvalue weighted by Crippen LogP contribution is -2.42. The highest BCUT2D eigenvalue weighted by molar-refractivity contribution is 7.92. The van der Waals surface area contributed by atoms with E-state index < -0.39 is 55.3 Å². The van der Waals surface area contributed by atoms with E-state index in [0.29, 0.717) is 65.9 Å². The van der Waals surface area contributed by atoms with E-state index in [0.717, 1.165) is 53.8 Å². The number of ether oxygens (including phenoxy) is 1. The normalized spacial score (nSPS) is 12.8. The zero-order valence-corrected chi connectivity index (χ0v) is 62.7. The van der Waals surface area contributed by atoms with E-state index >= 15 is 0 Å². The second kappa shape index (κ2) is 36.6. The van der Waals surface area contributed by atoms with Crippen molar-refractivity contribution < 1.29 is 45.5 Å². The Labute approximate surface area is 617 Å². The summed E-state index contributed by atoms with van der Waals surface area (Å²) in [4.78, 5) is 69.2. The van der Waals surface area contributed by atoms with Crippen LogP contribution in [-0.4, -0.2) is 95.9 Å². The first-order chi connectivity index (χ1) is 49.3. The summed E-state index contributed by atoms with van der Waals surface area (Å²) < 4.78 is 67.4. The molecule has 2 unspecified atom stereocenters. The van der Waals surface area contributed by atoms with Crippen molar-refractivity contribution in [2.45, 2.75) is 173 Å². The fourth-order valence-corrected chi connectivity index (χ4v) is 14.7. The number of aryl methyl sites for hydroxylation is 2. The van der Waals surface area contributed by atoms with Crippen LogP contribution in [0.5, 0.6) is 5.75 Å². The number of rotatable bonds is 34. The van der Waals surface area contributed by atoms with E-state index in [1.165, 1.54) is 103 Å². The van der Waals surface area contributed by atoms with Crippen LogP contribution in [0.4, 0.5) is 28.4 Å². The van der Waals surface area contributed by atoms with Crippen molar-refractivity contribution >= 4 is 135 Å². The molecule has 0 aliphatic carbocycles. The summed E-state index contributed by atoms with van der Waals surface area (Å²) in [6, 6.07) is 36.7. The molecule has 2 aromatic heterocycles. The molecule has 103 heavy (non-hydrogen) atoms. The molecule has 546 valence electrons. The first-order valence-electron chi connectivity index (χ1n) is 34.9. The topological polar surface area (TPSA) is 288 Å². The average molecular weight is 1500 g/mol. The van der Waals surface area contributed by atoms with Crippen molar-refractivity contribution in [2.24, 2.45) is 5.41 Å². The van der Waals surface area contributed by atoms with Gasteiger partial charge in [0.25, 0.3) is 27.7 Å². The van der Waals surface area contributed by atoms with Crippen molar-refractivity contribution in [2.75, 3.05) is 45.3 Å². The fraction of sp³-hybridized carbons (Fsp3) is 0.382. The first kappa shape index (κ1) is 78.4. The Morgan fingerprint density at radius 2 is 1.07 bits per heavy atom. The standard InChI is InChI=1S/C45H55Cl2N7O6S2.C31H34ClN5O4/c1-2-3-4-5-6-7-8-9-10-11-12-13-14-19-29-48-61(57,58)34-24-27-37(47)40(32-34)51-62(59,60)35-25-26-36(46)39(31-35)49-44(55)43(54-42-23-18-16-21-38(42)50-52-54)45(56)53-30-28-33-20-15-17-22-41(33)53;1-19-12-15-26(20(2)17-19)41-16-8-11-27(38)33-21-13-14-22(32)24(18-21)34-30(40)28(29(39)31(3,4)5)37-25-10-7-6-9-23(25)35-36-37/h15-18,20-27,31-32,43,48,51H,2-14,19,28-30H2,1H3,(H,49,55);6-7,9-10,12-15,17-18,28H,8,11,16H2,1-5H3,(H,33,38)(H,34,40). The number of para-hydroxylation sites is 3. The van der Waals surface area contributed by atoms with Gasteiger partial charge in [-0.1, -0.05) is 217 Å². The molecule has 0 spiro atoms. The number of sulfonamides is 2. The maximum atomic E-state index is 14.3. The van der Waals surface area contributed by atoms with Crippen LogP contribution in [0.2, 0.25) is 15.1 Å². The van der Waals surface area contributed by atoms with Crippen molar-refractivity contribution in [3.8, 4) is 5.75 Å². The highest BCUT2D eigenvalue weighted by Gasteiger charge is 2.40. The summed E-state index contributed by atoms with van der Waals surface area (Å²) in [5, 5.41) is 25.0. The molecule has 5 N–H and O–H groups in total. The Bertz CT molecular complexity index is 4720. The molecule has 22 nitrogen and oxygen atoms in total. The molecule has 3 heterocycles. The molecule has 2 atom stereocenters. The lowest BCUT2D eigenvalue weighted by Gasteiger charge is -2.24. The van der Waals surface area contributed by atoms with Crippen LogP contribution in [-0.2, 0) is 50.4 Å². The van der Waals surface area contributed by atoms with Gasteiger partial charge in [0.15, 0.2) is 11.8 Å². The molecule has 9 aromatic rings. The predicted molar refractivity (Wildman–Crippen MR) is 407 cm³/mol. The first-order valence-corrected chi connectivity index (χ1v) is 39.0. The number of benzene rings is 7. The van der Waals surface area contributed by atoms with E-state index in [4.69, 9.17) is 39.5 Å². The molecule has 10 rings (SSSR count). The quantitative estimate of drug-likeness (QED) is 0.0185. The Morgan fingerprint density at radius 1 is 0.553 bits per heavy atom. The summed E-state index contributed by atoms with van der Waals surface area (Å²) in [5.74, 6) is -1.76. The molecule has 1 aliphatic rings. The molecule has 4 amide bonds. The van der Waals surface area contributed by atoms with Crippen LogP contribution < -0.4 is 35.0 Å². The Balaban J connectivity index is 0.000000260. The van der Waals surface area contributed by atoms with Crippen LogP contribution in [0.3, 0.4) is 0 Å². The highest BCUT2D eigenvalue weighted by atomic mass is 35.5. The number of carbonyl (C=O) groups excluding carboxylic acids is 5. The molecule has 1 aliphatic heterocycles. The van der Waals surface area contributed by atoms with E-state index in [1.54, 1.807) is 87.5 Å². The second-order valence-electron chi connectivity index (χ2n) is 26.7. The van der Waals surface area contributed by atoms with Gasteiger partial charge in [-0.2, -0.15) is 0 Å². The minimum atomic E-state index is -4.43. The number of aromatic nitrogens is 6. The maximum absolute atomic E-state index is 14.3. The third-order valence-electron chi connectivity index (χ3n) is 17.6. The summed E-state index contributed by atoms with van der Waals surface area (Å²) in [6.45, 7) is 12.5. The number of nitrogens with one attached hydrogen (secondary N) is 5. The number of hydrogen-bond acceptors (Lipinski definition) is 14. The van der Waals surface area contributed by atoms with Crippen molar-refractivity contribution in [3.05, 3.63) is 177 Å². The monoisotopic (exact) mass is 1500 g/mol. The SMILES string of the molecule is CCCCCCCCCCCCCCCCNS(=O)(=O)c1ccc(Cl)c(NS(=O)(=O)c2ccc(Cl)c(NC(=O)C(C(=O)N3CCc4ccccc43)n3nnc4ccccc43)c2)c1.Cc1ccc(OCCCC(=O)Nc2ccc(Cl)c(NC(=O)C(C(=O)C(C)(C)C)n3nnc4ccccc43)c2)c(C)c1. The molecule has 0 saturated carbocycles. The number of halogens is 3. The maximum Gasteiger partial charge on any atom is 0.262 e. The van der Waals surface area contributed by atoms with Crippen molar-refractivity contribution in [1.82, 2.24) is 34.7 Å². The molecule has 0 bridgehead atoms. The van der Waals surface area contributed by atoms with E-state index in [1.807, 2.05) is 56.3 Å². The number of ketones is 1. The zero-order valence-electron chi connectivity index (χ0n) is 58.8. The minimum Gasteiger partial charge on any atom is -0.493 e. The molecule has 27 heteroatoms. The molecule has 0 fully saturated rings. The van der Waals surface area contributed by atoms with Crippen molar-refractivity contribution in [1.29, 1.82) is 0 Å². The van der Waals surface area contributed by atoms with Crippen molar-refractivity contribution in [3.63, 3.8) is 0 Å². The number of hydrogen-bond donors (Lipinski definition) is 5. The van der Waals surface area contributed by atoms with Gasteiger partial charge in [-0.05, 0) is 135 Å². The Kier molecular flexibility index (Phi) is 27.8. The third kappa shape index (κ3) is 21.2. The van der Waals surface area contributed by atoms with Gasteiger partial charge in [0.05, 0.1) is 59.6 Å². The molecule has 7 aromatic carbocycles. The summed E-state index contributed by atoms with van der Waals surface area (Å²) in [7, 11) is -8.42. The molecule has 0 saturated heterocycles. The van der Waals surface area contributed by atoms with Crippen LogP contribution >= 0.6 is 34.8 Å². The minimum absolute atomic E-state index is 0.00512. The highest BCUT2D eigenvalue weighted by Crippen LogP contribution is 2.36. The molecular formula is C76H89Cl3N12O10S2. The second-order valence-corrected chi connectivity index (χ2v) is 31.3. The van der Waals surface area contributed by atoms with Crippen LogP contribution in [0, 0.1) is 19.3 Å². The number of fused-ring (bicyclic) bond motifs is 3. The summed E-state index contributed by atoms with van der Waals surface area (Å²) in [6.07, 6.45) is 18.1. The van der Waals surface area contributed by atoms with Gasteiger partial charge in [0.2, 0.25) is 22.0 Å². The van der Waals surface area contributed by atoms with Gasteiger partial charge in [0, 0.05) is 36.3 Å². The Hall–Kier alpha value is -8.78. The van der Waals surface area contributed by atoms with Crippen LogP contribution in [0.1, 0.15) is 159 Å². The lowest BCUT2D eigenvalue weighted by molar-refractivity contribution is -0.136. The molecular weight excluding hydrogens is 1410 g/mol. The van der Waals surface area contributed by atoms with E-state index in [9.17, 15) is 40.8 Å².